The summed E-state index contributed by atoms with van der Waals surface area (Å²) < 4.78 is 36.4. The van der Waals surface area contributed by atoms with Crippen LogP contribution in [0.15, 0.2) is 47.4 Å². The number of methoxy groups -OCH3 is 1. The van der Waals surface area contributed by atoms with E-state index in [2.05, 4.69) is 0 Å². The number of hydrogen-bond acceptors (Lipinski definition) is 5. The summed E-state index contributed by atoms with van der Waals surface area (Å²) >= 11 is 1.96. The highest BCUT2D eigenvalue weighted by atomic mass is 127. The van der Waals surface area contributed by atoms with Crippen molar-refractivity contribution in [2.75, 3.05) is 21.2 Å². The normalized spacial score (nSPS) is 11.4. The largest absolute Gasteiger partial charge is 0.497 e. The number of rotatable bonds is 5. The van der Waals surface area contributed by atoms with Crippen molar-refractivity contribution < 1.29 is 22.7 Å². The summed E-state index contributed by atoms with van der Waals surface area (Å²) in [5, 5.41) is 0. The molecule has 2 rings (SSSR count). The van der Waals surface area contributed by atoms with Gasteiger partial charge in [0.1, 0.15) is 11.5 Å². The van der Waals surface area contributed by atoms with Gasteiger partial charge >= 0.3 is 5.97 Å². The van der Waals surface area contributed by atoms with Crippen LogP contribution in [0, 0.1) is 3.57 Å². The second kappa shape index (κ2) is 7.49. The maximum Gasteiger partial charge on any atom is 0.344 e. The first-order chi connectivity index (χ1) is 11.3. The zero-order chi connectivity index (χ0) is 17.9. The quantitative estimate of drug-likeness (QED) is 0.389. The molecule has 0 saturated carbocycles. The van der Waals surface area contributed by atoms with Crippen LogP contribution in [-0.4, -0.2) is 39.9 Å². The second-order valence-electron chi connectivity index (χ2n) is 4.99. The first kappa shape index (κ1) is 18.7. The lowest BCUT2D eigenvalue weighted by Gasteiger charge is -2.13. The molecule has 6 nitrogen and oxygen atoms in total. The predicted molar refractivity (Wildman–Crippen MR) is 98.0 cm³/mol. The molecule has 0 aromatic heterocycles. The van der Waals surface area contributed by atoms with Crippen LogP contribution in [-0.2, 0) is 10.0 Å². The summed E-state index contributed by atoms with van der Waals surface area (Å²) in [4.78, 5) is 12.4. The second-order valence-corrected chi connectivity index (χ2v) is 8.31. The highest BCUT2D eigenvalue weighted by Gasteiger charge is 2.21. The Morgan fingerprint density at radius 1 is 1.04 bits per heavy atom. The van der Waals surface area contributed by atoms with Crippen LogP contribution < -0.4 is 9.47 Å². The summed E-state index contributed by atoms with van der Waals surface area (Å²) in [6, 6.07) is 10.9. The van der Waals surface area contributed by atoms with E-state index < -0.39 is 16.0 Å². The lowest BCUT2D eigenvalue weighted by molar-refractivity contribution is 0.0733. The Hall–Kier alpha value is -1.65. The number of sulfonamides is 1. The van der Waals surface area contributed by atoms with Crippen molar-refractivity contribution >= 4 is 38.6 Å². The topological polar surface area (TPSA) is 72.9 Å². The monoisotopic (exact) mass is 461 g/mol. The van der Waals surface area contributed by atoms with E-state index in [1.165, 1.54) is 26.2 Å². The van der Waals surface area contributed by atoms with Crippen molar-refractivity contribution in [3.63, 3.8) is 0 Å². The van der Waals surface area contributed by atoms with E-state index in [9.17, 15) is 13.2 Å². The average molecular weight is 461 g/mol. The van der Waals surface area contributed by atoms with Gasteiger partial charge in [-0.3, -0.25) is 0 Å². The molecule has 0 fully saturated rings. The van der Waals surface area contributed by atoms with Crippen LogP contribution in [0.5, 0.6) is 11.5 Å². The minimum Gasteiger partial charge on any atom is -0.497 e. The van der Waals surface area contributed by atoms with E-state index in [4.69, 9.17) is 9.47 Å². The molecule has 2 aromatic carbocycles. The van der Waals surface area contributed by atoms with Gasteiger partial charge in [0.25, 0.3) is 0 Å². The molecule has 0 saturated heterocycles. The number of benzene rings is 2. The summed E-state index contributed by atoms with van der Waals surface area (Å²) in [6.07, 6.45) is 0. The van der Waals surface area contributed by atoms with Crippen LogP contribution in [0.2, 0.25) is 0 Å². The first-order valence-electron chi connectivity index (χ1n) is 6.84. The predicted octanol–water partition coefficient (Wildman–Crippen LogP) is 2.77. The lowest BCUT2D eigenvalue weighted by atomic mass is 10.2. The standard InChI is InChI=1S/C16H16INO5S/c1-18(2)24(20,21)13-8-9-15(17)14(10-13)16(19)23-12-6-4-11(22-3)5-7-12/h4-10H,1-3H3. The molecule has 0 atom stereocenters. The van der Waals surface area contributed by atoms with Crippen LogP contribution in [0.25, 0.3) is 0 Å². The molecule has 0 radical (unpaired) electrons. The number of halogens is 1. The number of esters is 1. The summed E-state index contributed by atoms with van der Waals surface area (Å²) in [5.41, 5.74) is 0.189. The molecule has 0 bridgehead atoms. The first-order valence-corrected chi connectivity index (χ1v) is 9.36. The van der Waals surface area contributed by atoms with Gasteiger partial charge in [-0.05, 0) is 65.1 Å². The highest BCUT2D eigenvalue weighted by Crippen LogP contribution is 2.23. The molecule has 0 unspecified atom stereocenters. The molecule has 0 amide bonds. The lowest BCUT2D eigenvalue weighted by Crippen LogP contribution is -2.23. The number of hydrogen-bond donors (Lipinski definition) is 0. The zero-order valence-corrected chi connectivity index (χ0v) is 16.3. The van der Waals surface area contributed by atoms with Gasteiger partial charge in [-0.1, -0.05) is 0 Å². The molecule has 0 N–H and O–H groups in total. The Morgan fingerprint density at radius 2 is 1.62 bits per heavy atom. The molecule has 0 heterocycles. The van der Waals surface area contributed by atoms with Crippen LogP contribution >= 0.6 is 22.6 Å². The maximum absolute atomic E-state index is 12.4. The summed E-state index contributed by atoms with van der Waals surface area (Å²) in [6.45, 7) is 0. The van der Waals surface area contributed by atoms with Gasteiger partial charge in [-0.25, -0.2) is 17.5 Å². The summed E-state index contributed by atoms with van der Waals surface area (Å²) in [7, 11) is 0.782. The SMILES string of the molecule is COc1ccc(OC(=O)c2cc(S(=O)(=O)N(C)C)ccc2I)cc1. The van der Waals surface area contributed by atoms with Crippen molar-refractivity contribution in [3.8, 4) is 11.5 Å². The number of nitrogens with zero attached hydrogens (tertiary/aromatic N) is 1. The van der Waals surface area contributed by atoms with E-state index in [1.54, 1.807) is 37.4 Å². The van der Waals surface area contributed by atoms with E-state index in [0.29, 0.717) is 15.1 Å². The van der Waals surface area contributed by atoms with E-state index in [1.807, 2.05) is 22.6 Å². The molecule has 0 aliphatic heterocycles. The van der Waals surface area contributed by atoms with E-state index in [-0.39, 0.29) is 10.5 Å². The van der Waals surface area contributed by atoms with Crippen molar-refractivity contribution in [2.24, 2.45) is 0 Å². The Morgan fingerprint density at radius 3 is 2.17 bits per heavy atom. The van der Waals surface area contributed by atoms with Crippen molar-refractivity contribution in [2.45, 2.75) is 4.90 Å². The third-order valence-electron chi connectivity index (χ3n) is 3.21. The fourth-order valence-corrected chi connectivity index (χ4v) is 3.32. The van der Waals surface area contributed by atoms with Crippen LogP contribution in [0.4, 0.5) is 0 Å². The van der Waals surface area contributed by atoms with Gasteiger partial charge in [-0.2, -0.15) is 0 Å². The third kappa shape index (κ3) is 4.05. The van der Waals surface area contributed by atoms with Gasteiger partial charge in [-0.15, -0.1) is 0 Å². The Bertz CT molecular complexity index is 847. The van der Waals surface area contributed by atoms with Gasteiger partial charge in [0, 0.05) is 17.7 Å². The molecular weight excluding hydrogens is 445 g/mol. The minimum absolute atomic E-state index is 0.0367. The summed E-state index contributed by atoms with van der Waals surface area (Å²) in [5.74, 6) is 0.362. The number of ether oxygens (including phenoxy) is 2. The van der Waals surface area contributed by atoms with E-state index in [0.717, 1.165) is 4.31 Å². The van der Waals surface area contributed by atoms with Crippen LogP contribution in [0.1, 0.15) is 10.4 Å². The van der Waals surface area contributed by atoms with E-state index >= 15 is 0 Å². The maximum atomic E-state index is 12.4. The fourth-order valence-electron chi connectivity index (χ4n) is 1.84. The Balaban J connectivity index is 2.31. The molecule has 2 aromatic rings. The molecule has 128 valence electrons. The molecule has 0 spiro atoms. The smallest absolute Gasteiger partial charge is 0.344 e. The van der Waals surface area contributed by atoms with Crippen molar-refractivity contribution in [1.29, 1.82) is 0 Å². The Kier molecular flexibility index (Phi) is 5.83. The molecule has 0 aliphatic rings. The van der Waals surface area contributed by atoms with Gasteiger partial charge in [0.15, 0.2) is 0 Å². The van der Waals surface area contributed by atoms with Gasteiger partial charge < -0.3 is 9.47 Å². The van der Waals surface area contributed by atoms with Gasteiger partial charge in [0.2, 0.25) is 10.0 Å². The zero-order valence-electron chi connectivity index (χ0n) is 13.3. The highest BCUT2D eigenvalue weighted by molar-refractivity contribution is 14.1. The average Bonchev–Trinajstić information content (AvgIpc) is 2.55. The third-order valence-corrected chi connectivity index (χ3v) is 5.96. The Labute approximate surface area is 154 Å². The van der Waals surface area contributed by atoms with Crippen molar-refractivity contribution in [1.82, 2.24) is 4.31 Å². The van der Waals surface area contributed by atoms with Crippen molar-refractivity contribution in [3.05, 3.63) is 51.6 Å². The number of carbonyl (C=O) groups excluding carboxylic acids is 1. The number of carbonyl (C=O) groups is 1. The molecule has 24 heavy (non-hydrogen) atoms. The van der Waals surface area contributed by atoms with Crippen LogP contribution in [0.3, 0.4) is 0 Å². The van der Waals surface area contributed by atoms with Gasteiger partial charge in [0.05, 0.1) is 17.6 Å². The molecule has 8 heteroatoms. The molecule has 0 aliphatic carbocycles. The minimum atomic E-state index is -3.63. The molecular formula is C16H16INO5S. The fraction of sp³-hybridized carbons (Fsp3) is 0.188.